The number of hydrogen-bond donors (Lipinski definition) is 1. The van der Waals surface area contributed by atoms with Gasteiger partial charge in [-0.25, -0.2) is 4.79 Å². The van der Waals surface area contributed by atoms with E-state index in [0.717, 1.165) is 12.8 Å². The first-order valence-electron chi connectivity index (χ1n) is 3.29. The van der Waals surface area contributed by atoms with E-state index in [1.54, 1.807) is 0 Å². The standard InChI is InChI=1S/C6H7NO3/c8-5-4(3-1-2-3)10-6(9)7-5/h3-4H,1-2H2,(H,7,8,9)/t4-/m0/s1. The summed E-state index contributed by atoms with van der Waals surface area (Å²) in [4.78, 5) is 21.3. The molecule has 4 nitrogen and oxygen atoms in total. The fourth-order valence-corrected chi connectivity index (χ4v) is 1.08. The van der Waals surface area contributed by atoms with Gasteiger partial charge in [-0.2, -0.15) is 0 Å². The van der Waals surface area contributed by atoms with Crippen LogP contribution in [0.1, 0.15) is 12.8 Å². The second-order valence-corrected chi connectivity index (χ2v) is 2.65. The first kappa shape index (κ1) is 5.70. The van der Waals surface area contributed by atoms with Gasteiger partial charge >= 0.3 is 6.09 Å². The highest BCUT2D eigenvalue weighted by Gasteiger charge is 2.43. The third-order valence-corrected chi connectivity index (χ3v) is 1.77. The minimum atomic E-state index is -0.595. The third-order valence-electron chi connectivity index (χ3n) is 1.77. The number of hydrogen-bond acceptors (Lipinski definition) is 3. The van der Waals surface area contributed by atoms with Crippen molar-refractivity contribution in [2.75, 3.05) is 0 Å². The van der Waals surface area contributed by atoms with E-state index < -0.39 is 12.2 Å². The summed E-state index contributed by atoms with van der Waals surface area (Å²) in [5.41, 5.74) is 0. The summed E-state index contributed by atoms with van der Waals surface area (Å²) in [6, 6.07) is 0. The van der Waals surface area contributed by atoms with Gasteiger partial charge in [0.05, 0.1) is 0 Å². The normalized spacial score (nSPS) is 31.8. The summed E-state index contributed by atoms with van der Waals surface area (Å²) in [5.74, 6) is 0.0268. The lowest BCUT2D eigenvalue weighted by Crippen LogP contribution is -2.25. The Balaban J connectivity index is 2.08. The molecule has 0 unspecified atom stereocenters. The Morgan fingerprint density at radius 3 is 2.50 bits per heavy atom. The van der Waals surface area contributed by atoms with Crippen LogP contribution in [-0.2, 0) is 9.53 Å². The van der Waals surface area contributed by atoms with Crippen molar-refractivity contribution in [2.45, 2.75) is 18.9 Å². The third kappa shape index (κ3) is 0.761. The molecule has 0 aromatic carbocycles. The lowest BCUT2D eigenvalue weighted by atomic mass is 10.2. The lowest BCUT2D eigenvalue weighted by molar-refractivity contribution is -0.124. The highest BCUT2D eigenvalue weighted by atomic mass is 16.6. The predicted molar refractivity (Wildman–Crippen MR) is 31.1 cm³/mol. The van der Waals surface area contributed by atoms with Crippen molar-refractivity contribution in [3.05, 3.63) is 0 Å². The van der Waals surface area contributed by atoms with Gasteiger partial charge in [-0.15, -0.1) is 0 Å². The van der Waals surface area contributed by atoms with Crippen LogP contribution < -0.4 is 5.32 Å². The van der Waals surface area contributed by atoms with Crippen molar-refractivity contribution in [1.82, 2.24) is 5.32 Å². The Bertz CT molecular complexity index is 197. The largest absolute Gasteiger partial charge is 0.435 e. The Morgan fingerprint density at radius 2 is 2.10 bits per heavy atom. The molecule has 2 amide bonds. The van der Waals surface area contributed by atoms with Gasteiger partial charge in [0, 0.05) is 5.92 Å². The molecule has 1 atom stereocenters. The van der Waals surface area contributed by atoms with Crippen molar-refractivity contribution >= 4 is 12.0 Å². The van der Waals surface area contributed by atoms with Crippen LogP contribution in [0.4, 0.5) is 4.79 Å². The molecule has 2 aliphatic rings. The zero-order valence-electron chi connectivity index (χ0n) is 5.29. The molecule has 4 heteroatoms. The minimum absolute atomic E-state index is 0.271. The molecule has 10 heavy (non-hydrogen) atoms. The molecule has 1 heterocycles. The first-order valence-corrected chi connectivity index (χ1v) is 3.29. The number of cyclic esters (lactones) is 1. The van der Waals surface area contributed by atoms with E-state index in [9.17, 15) is 9.59 Å². The Labute approximate surface area is 57.5 Å². The maximum absolute atomic E-state index is 10.8. The van der Waals surface area contributed by atoms with Gasteiger partial charge in [0.25, 0.3) is 5.91 Å². The maximum Gasteiger partial charge on any atom is 0.414 e. The van der Waals surface area contributed by atoms with E-state index in [2.05, 4.69) is 5.32 Å². The molecule has 0 radical (unpaired) electrons. The van der Waals surface area contributed by atoms with Gasteiger partial charge in [-0.05, 0) is 12.8 Å². The van der Waals surface area contributed by atoms with Crippen molar-refractivity contribution in [3.8, 4) is 0 Å². The summed E-state index contributed by atoms with van der Waals surface area (Å²) >= 11 is 0. The number of imide groups is 1. The average molecular weight is 141 g/mol. The number of carbonyl (C=O) groups excluding carboxylic acids is 2. The highest BCUT2D eigenvalue weighted by molar-refractivity contribution is 6.00. The summed E-state index contributed by atoms with van der Waals surface area (Å²) in [7, 11) is 0. The molecule has 0 spiro atoms. The molecule has 0 bridgehead atoms. The quantitative estimate of drug-likeness (QED) is 0.560. The molecular weight excluding hydrogens is 134 g/mol. The summed E-state index contributed by atoms with van der Waals surface area (Å²) < 4.78 is 4.70. The molecule has 1 saturated heterocycles. The molecule has 1 aliphatic carbocycles. The molecule has 1 saturated carbocycles. The Morgan fingerprint density at radius 1 is 1.40 bits per heavy atom. The zero-order chi connectivity index (χ0) is 7.14. The fraction of sp³-hybridized carbons (Fsp3) is 0.667. The van der Waals surface area contributed by atoms with Crippen LogP contribution in [0, 0.1) is 5.92 Å². The Kier molecular flexibility index (Phi) is 0.977. The molecule has 0 aromatic rings. The summed E-state index contributed by atoms with van der Waals surface area (Å²) in [6.07, 6.45) is 0.936. The monoisotopic (exact) mass is 141 g/mol. The maximum atomic E-state index is 10.8. The lowest BCUT2D eigenvalue weighted by Gasteiger charge is -2.00. The van der Waals surface area contributed by atoms with E-state index in [1.807, 2.05) is 0 Å². The van der Waals surface area contributed by atoms with Gasteiger partial charge in [0.1, 0.15) is 0 Å². The van der Waals surface area contributed by atoms with Gasteiger partial charge in [-0.1, -0.05) is 0 Å². The van der Waals surface area contributed by atoms with E-state index >= 15 is 0 Å². The SMILES string of the molecule is O=C1NC(=O)[C@H](C2CC2)O1. The zero-order valence-corrected chi connectivity index (χ0v) is 5.29. The molecule has 54 valence electrons. The number of rotatable bonds is 1. The van der Waals surface area contributed by atoms with Crippen LogP contribution in [0.25, 0.3) is 0 Å². The van der Waals surface area contributed by atoms with E-state index in [-0.39, 0.29) is 5.91 Å². The van der Waals surface area contributed by atoms with Crippen LogP contribution in [0.3, 0.4) is 0 Å². The van der Waals surface area contributed by atoms with Crippen molar-refractivity contribution in [1.29, 1.82) is 0 Å². The topological polar surface area (TPSA) is 55.4 Å². The van der Waals surface area contributed by atoms with Crippen molar-refractivity contribution < 1.29 is 14.3 Å². The minimum Gasteiger partial charge on any atom is -0.435 e. The van der Waals surface area contributed by atoms with Gasteiger partial charge in [0.15, 0.2) is 6.10 Å². The van der Waals surface area contributed by atoms with Gasteiger partial charge in [-0.3, -0.25) is 10.1 Å². The summed E-state index contributed by atoms with van der Waals surface area (Å²) in [5, 5.41) is 2.09. The van der Waals surface area contributed by atoms with Crippen molar-refractivity contribution in [3.63, 3.8) is 0 Å². The van der Waals surface area contributed by atoms with Gasteiger partial charge in [0.2, 0.25) is 0 Å². The first-order chi connectivity index (χ1) is 4.77. The second-order valence-electron chi connectivity index (χ2n) is 2.65. The molecular formula is C6H7NO3. The second kappa shape index (κ2) is 1.71. The predicted octanol–water partition coefficient (Wildman–Crippen LogP) is 0.0314. The number of ether oxygens (including phenoxy) is 1. The molecule has 1 N–H and O–H groups in total. The molecule has 0 aromatic heterocycles. The molecule has 2 fully saturated rings. The number of amides is 2. The van der Waals surface area contributed by atoms with Gasteiger partial charge < -0.3 is 4.74 Å². The van der Waals surface area contributed by atoms with Crippen molar-refractivity contribution in [2.24, 2.45) is 5.92 Å². The number of alkyl carbamates (subject to hydrolysis) is 1. The average Bonchev–Trinajstić information content (AvgIpc) is 2.61. The summed E-state index contributed by atoms with van der Waals surface area (Å²) in [6.45, 7) is 0. The number of nitrogens with one attached hydrogen (secondary N) is 1. The number of carbonyl (C=O) groups is 2. The van der Waals surface area contributed by atoms with Crippen LogP contribution in [0.2, 0.25) is 0 Å². The van der Waals surface area contributed by atoms with Crippen LogP contribution in [-0.4, -0.2) is 18.1 Å². The molecule has 1 aliphatic heterocycles. The van der Waals surface area contributed by atoms with Crippen LogP contribution in [0.5, 0.6) is 0 Å². The van der Waals surface area contributed by atoms with E-state index in [0.29, 0.717) is 5.92 Å². The smallest absolute Gasteiger partial charge is 0.414 e. The van der Waals surface area contributed by atoms with Crippen LogP contribution >= 0.6 is 0 Å². The van der Waals surface area contributed by atoms with Crippen LogP contribution in [0.15, 0.2) is 0 Å². The highest BCUT2D eigenvalue weighted by Crippen LogP contribution is 2.35. The van der Waals surface area contributed by atoms with E-state index in [1.165, 1.54) is 0 Å². The molecule has 2 rings (SSSR count). The Hall–Kier alpha value is -1.06. The van der Waals surface area contributed by atoms with E-state index in [4.69, 9.17) is 4.74 Å². The fourth-order valence-electron chi connectivity index (χ4n) is 1.08.